The minimum absolute atomic E-state index is 0.846. The van der Waals surface area contributed by atoms with Crippen molar-refractivity contribution < 1.29 is 4.57 Å². The number of hydrogen-bond donors (Lipinski definition) is 0. The van der Waals surface area contributed by atoms with Gasteiger partial charge in [-0.25, -0.2) is 0 Å². The van der Waals surface area contributed by atoms with E-state index in [2.05, 4.69) is 42.2 Å². The molecule has 0 spiro atoms. The lowest BCUT2D eigenvalue weighted by Crippen LogP contribution is -2.15. The number of hydrogen-bond acceptors (Lipinski definition) is 1. The van der Waals surface area contributed by atoms with Crippen LogP contribution in [0.1, 0.15) is 27.8 Å². The zero-order chi connectivity index (χ0) is 24.4. The lowest BCUT2D eigenvalue weighted by Gasteiger charge is -2.19. The quantitative estimate of drug-likeness (QED) is 0.196. The number of fused-ring (bicyclic) bond motifs is 1. The summed E-state index contributed by atoms with van der Waals surface area (Å²) in [7, 11) is -3.13. The van der Waals surface area contributed by atoms with Crippen molar-refractivity contribution in [2.24, 2.45) is 0 Å². The first-order valence-electron chi connectivity index (χ1n) is 12.0. The van der Waals surface area contributed by atoms with E-state index in [4.69, 9.17) is 0 Å². The lowest BCUT2D eigenvalue weighted by molar-refractivity contribution is 0.593. The molecule has 0 saturated heterocycles. The molecule has 0 saturated carbocycles. The van der Waals surface area contributed by atoms with Crippen LogP contribution < -0.4 is 10.6 Å². The Balaban J connectivity index is 1.68. The van der Waals surface area contributed by atoms with Crippen LogP contribution in [0.2, 0.25) is 0 Å². The van der Waals surface area contributed by atoms with Gasteiger partial charge in [-0.2, -0.15) is 0 Å². The molecule has 0 radical (unpaired) electrons. The molecular formula is C34H23OP. The average Bonchev–Trinajstić information content (AvgIpc) is 3.23. The van der Waals surface area contributed by atoms with Crippen LogP contribution in [-0.2, 0) is 4.57 Å². The molecule has 1 aliphatic heterocycles. The molecule has 0 bridgehead atoms. The van der Waals surface area contributed by atoms with E-state index in [9.17, 15) is 0 Å². The molecule has 0 N–H and O–H groups in total. The molecule has 1 aliphatic rings. The summed E-state index contributed by atoms with van der Waals surface area (Å²) in [6, 6.07) is 46.4. The van der Waals surface area contributed by atoms with Crippen molar-refractivity contribution in [2.45, 2.75) is 0 Å². The van der Waals surface area contributed by atoms with Gasteiger partial charge in [0.25, 0.3) is 0 Å². The summed E-state index contributed by atoms with van der Waals surface area (Å²) in [6.45, 7) is 0. The van der Waals surface area contributed by atoms with E-state index in [0.29, 0.717) is 0 Å². The first kappa shape index (κ1) is 22.1. The highest BCUT2D eigenvalue weighted by atomic mass is 31.2. The maximum atomic E-state index is 15.3. The molecule has 6 rings (SSSR count). The molecule has 1 heterocycles. The van der Waals surface area contributed by atoms with Gasteiger partial charge < -0.3 is 4.57 Å². The summed E-state index contributed by atoms with van der Waals surface area (Å²) in [4.78, 5) is 0. The van der Waals surface area contributed by atoms with Crippen molar-refractivity contribution in [1.29, 1.82) is 0 Å². The standard InChI is InChI=1S/C34H23OP/c35-36(29-19-8-3-9-20-29)32-23-13-12-22-31(32)33(34(36)28-17-6-2-7-18-28)30-21-11-10-16-27(30)25-24-26-14-4-1-5-15-26/h1-23H. The van der Waals surface area contributed by atoms with Crippen molar-refractivity contribution in [1.82, 2.24) is 0 Å². The van der Waals surface area contributed by atoms with E-state index in [1.165, 1.54) is 0 Å². The van der Waals surface area contributed by atoms with Crippen LogP contribution in [0, 0.1) is 11.8 Å². The summed E-state index contributed by atoms with van der Waals surface area (Å²) in [5.74, 6) is 6.72. The van der Waals surface area contributed by atoms with E-state index in [-0.39, 0.29) is 0 Å². The minimum atomic E-state index is -3.13. The van der Waals surface area contributed by atoms with Crippen LogP contribution in [0.4, 0.5) is 0 Å². The first-order valence-corrected chi connectivity index (χ1v) is 13.7. The van der Waals surface area contributed by atoms with Crippen LogP contribution in [0.3, 0.4) is 0 Å². The van der Waals surface area contributed by atoms with Crippen LogP contribution in [0.5, 0.6) is 0 Å². The topological polar surface area (TPSA) is 17.1 Å². The van der Waals surface area contributed by atoms with Crippen molar-refractivity contribution in [2.75, 3.05) is 0 Å². The predicted octanol–water partition coefficient (Wildman–Crippen LogP) is 7.33. The Labute approximate surface area is 212 Å². The van der Waals surface area contributed by atoms with E-state index in [1.54, 1.807) is 0 Å². The second-order valence-corrected chi connectivity index (χ2v) is 11.4. The second kappa shape index (κ2) is 9.35. The van der Waals surface area contributed by atoms with Gasteiger partial charge >= 0.3 is 0 Å². The Morgan fingerprint density at radius 2 is 1.06 bits per heavy atom. The molecule has 5 aromatic carbocycles. The van der Waals surface area contributed by atoms with E-state index in [0.717, 1.165) is 49.3 Å². The Kier molecular flexibility index (Phi) is 5.74. The highest BCUT2D eigenvalue weighted by Gasteiger charge is 2.43. The predicted molar refractivity (Wildman–Crippen MR) is 151 cm³/mol. The molecule has 0 amide bonds. The third-order valence-corrected chi connectivity index (χ3v) is 9.75. The fourth-order valence-electron chi connectivity index (χ4n) is 4.94. The van der Waals surface area contributed by atoms with Crippen molar-refractivity contribution in [3.8, 4) is 11.8 Å². The molecule has 1 atom stereocenters. The molecule has 1 unspecified atom stereocenters. The van der Waals surface area contributed by atoms with Gasteiger partial charge in [0.2, 0.25) is 0 Å². The summed E-state index contributed by atoms with van der Waals surface area (Å²) in [5, 5.41) is 2.61. The number of rotatable bonds is 3. The normalized spacial score (nSPS) is 16.2. The summed E-state index contributed by atoms with van der Waals surface area (Å²) in [6.07, 6.45) is 0. The lowest BCUT2D eigenvalue weighted by atomic mass is 9.92. The first-order chi connectivity index (χ1) is 17.8. The average molecular weight is 479 g/mol. The van der Waals surface area contributed by atoms with Gasteiger partial charge in [0.15, 0.2) is 7.14 Å². The van der Waals surface area contributed by atoms with E-state index >= 15 is 4.57 Å². The highest BCUT2D eigenvalue weighted by molar-refractivity contribution is 7.88. The van der Waals surface area contributed by atoms with E-state index in [1.807, 2.05) is 109 Å². The Morgan fingerprint density at radius 3 is 1.78 bits per heavy atom. The van der Waals surface area contributed by atoms with Crippen molar-refractivity contribution >= 4 is 28.6 Å². The Bertz CT molecular complexity index is 1690. The van der Waals surface area contributed by atoms with Gasteiger partial charge in [0, 0.05) is 32.6 Å². The fourth-order valence-corrected chi connectivity index (χ4v) is 8.20. The smallest absolute Gasteiger partial charge is 0.172 e. The third kappa shape index (κ3) is 3.74. The van der Waals surface area contributed by atoms with Crippen molar-refractivity contribution in [3.63, 3.8) is 0 Å². The third-order valence-electron chi connectivity index (χ3n) is 6.54. The summed E-state index contributed by atoms with van der Waals surface area (Å²) < 4.78 is 15.3. The molecule has 1 nitrogen and oxygen atoms in total. The zero-order valence-electron chi connectivity index (χ0n) is 19.6. The van der Waals surface area contributed by atoms with Gasteiger partial charge in [-0.1, -0.05) is 133 Å². The van der Waals surface area contributed by atoms with Gasteiger partial charge in [-0.05, 0) is 34.9 Å². The highest BCUT2D eigenvalue weighted by Crippen LogP contribution is 2.65. The summed E-state index contributed by atoms with van der Waals surface area (Å²) in [5.41, 5.74) is 5.87. The molecule has 170 valence electrons. The van der Waals surface area contributed by atoms with Crippen LogP contribution in [0.15, 0.2) is 140 Å². The molecule has 5 aromatic rings. The van der Waals surface area contributed by atoms with Gasteiger partial charge in [-0.3, -0.25) is 0 Å². The van der Waals surface area contributed by atoms with E-state index < -0.39 is 7.14 Å². The molecule has 0 aromatic heterocycles. The maximum absolute atomic E-state index is 15.3. The van der Waals surface area contributed by atoms with Gasteiger partial charge in [0.05, 0.1) is 0 Å². The van der Waals surface area contributed by atoms with Crippen molar-refractivity contribution in [3.05, 3.63) is 167 Å². The largest absolute Gasteiger partial charge is 0.309 e. The second-order valence-electron chi connectivity index (χ2n) is 8.71. The zero-order valence-corrected chi connectivity index (χ0v) is 20.5. The monoisotopic (exact) mass is 478 g/mol. The molecule has 36 heavy (non-hydrogen) atoms. The maximum Gasteiger partial charge on any atom is 0.172 e. The minimum Gasteiger partial charge on any atom is -0.309 e. The Morgan fingerprint density at radius 1 is 0.500 bits per heavy atom. The fraction of sp³-hybridized carbons (Fsp3) is 0. The van der Waals surface area contributed by atoms with Gasteiger partial charge in [0.1, 0.15) is 0 Å². The van der Waals surface area contributed by atoms with Crippen LogP contribution in [0.25, 0.3) is 10.9 Å². The van der Waals surface area contributed by atoms with Crippen LogP contribution >= 0.6 is 7.14 Å². The summed E-state index contributed by atoms with van der Waals surface area (Å²) >= 11 is 0. The van der Waals surface area contributed by atoms with Gasteiger partial charge in [-0.15, -0.1) is 0 Å². The molecule has 0 aliphatic carbocycles. The molecule has 2 heteroatoms. The molecular weight excluding hydrogens is 455 g/mol. The molecule has 0 fully saturated rings. The van der Waals surface area contributed by atoms with Crippen LogP contribution in [-0.4, -0.2) is 0 Å². The Hall–Kier alpha value is -4.37. The SMILES string of the molecule is O=P1(c2ccccc2)C(c2ccccc2)=C(c2ccccc2C#Cc2ccccc2)c2ccccc21. The number of benzene rings is 5.